The summed E-state index contributed by atoms with van der Waals surface area (Å²) in [6, 6.07) is 15.2. The maximum Gasteiger partial charge on any atom is 0.191 e. The van der Waals surface area contributed by atoms with Crippen molar-refractivity contribution in [3.8, 4) is 0 Å². The van der Waals surface area contributed by atoms with E-state index in [4.69, 9.17) is 0 Å². The van der Waals surface area contributed by atoms with Crippen LogP contribution >= 0.6 is 0 Å². The number of imidazole rings is 1. The molecule has 6 heteroatoms. The topological polar surface area (TPSA) is 57.0 Å². The van der Waals surface area contributed by atoms with Crippen LogP contribution in [0, 0.1) is 6.92 Å². The van der Waals surface area contributed by atoms with Gasteiger partial charge in [0.2, 0.25) is 0 Å². The van der Waals surface area contributed by atoms with Crippen molar-refractivity contribution in [1.82, 2.24) is 20.0 Å². The molecule has 6 nitrogen and oxygen atoms in total. The van der Waals surface area contributed by atoms with Crippen LogP contribution in [0.25, 0.3) is 5.65 Å². The van der Waals surface area contributed by atoms with Crippen molar-refractivity contribution < 1.29 is 0 Å². The molecule has 1 aliphatic rings. The van der Waals surface area contributed by atoms with Gasteiger partial charge in [-0.3, -0.25) is 4.99 Å². The van der Waals surface area contributed by atoms with E-state index in [0.717, 1.165) is 49.8 Å². The molecule has 4 rings (SSSR count). The summed E-state index contributed by atoms with van der Waals surface area (Å²) in [5.41, 5.74) is 4.67. The Morgan fingerprint density at radius 2 is 2.07 bits per heavy atom. The Morgan fingerprint density at radius 3 is 2.86 bits per heavy atom. The van der Waals surface area contributed by atoms with Gasteiger partial charge in [-0.25, -0.2) is 4.98 Å². The first-order valence-electron chi connectivity index (χ1n) is 9.93. The molecule has 2 N–H and O–H groups in total. The number of anilines is 1. The third-order valence-corrected chi connectivity index (χ3v) is 5.24. The number of hydrogen-bond acceptors (Lipinski definition) is 3. The highest BCUT2D eigenvalue weighted by atomic mass is 15.2. The molecule has 1 aromatic carbocycles. The van der Waals surface area contributed by atoms with Crippen LogP contribution in [0.2, 0.25) is 0 Å². The molecule has 0 saturated carbocycles. The molecule has 0 amide bonds. The van der Waals surface area contributed by atoms with Crippen LogP contribution in [0.5, 0.6) is 0 Å². The minimum absolute atomic E-state index is 0.405. The Kier molecular flexibility index (Phi) is 5.46. The first-order valence-corrected chi connectivity index (χ1v) is 9.93. The Morgan fingerprint density at radius 1 is 1.21 bits per heavy atom. The Labute approximate surface area is 166 Å². The van der Waals surface area contributed by atoms with E-state index in [-0.39, 0.29) is 0 Å². The molecule has 3 aromatic rings. The molecule has 0 spiro atoms. The third-order valence-electron chi connectivity index (χ3n) is 5.24. The summed E-state index contributed by atoms with van der Waals surface area (Å²) in [6.07, 6.45) is 6.09. The number of benzene rings is 1. The lowest BCUT2D eigenvalue weighted by atomic mass is 10.2. The Hall–Kier alpha value is -3.02. The van der Waals surface area contributed by atoms with Crippen molar-refractivity contribution in [1.29, 1.82) is 0 Å². The predicted molar refractivity (Wildman–Crippen MR) is 115 cm³/mol. The standard InChI is InChI=1S/C22H28N6/c1-17-6-8-20(9-7-17)27-14-11-19(15-27)26-22(23-2)24-12-10-18-16-28-13-4-3-5-21(28)25-18/h3-9,13,16,19H,10-12,14-15H2,1-2H3,(H2,23,24,26). The number of pyridine rings is 1. The smallest absolute Gasteiger partial charge is 0.191 e. The molecule has 0 bridgehead atoms. The van der Waals surface area contributed by atoms with Gasteiger partial charge in [-0.15, -0.1) is 0 Å². The highest BCUT2D eigenvalue weighted by molar-refractivity contribution is 5.80. The first kappa shape index (κ1) is 18.3. The van der Waals surface area contributed by atoms with Crippen LogP contribution < -0.4 is 15.5 Å². The zero-order valence-corrected chi connectivity index (χ0v) is 16.6. The summed E-state index contributed by atoms with van der Waals surface area (Å²) in [6.45, 7) is 4.99. The summed E-state index contributed by atoms with van der Waals surface area (Å²) in [5, 5.41) is 6.98. The van der Waals surface area contributed by atoms with Crippen LogP contribution in [0.3, 0.4) is 0 Å². The summed E-state index contributed by atoms with van der Waals surface area (Å²) in [7, 11) is 1.83. The van der Waals surface area contributed by atoms with E-state index >= 15 is 0 Å². The van der Waals surface area contributed by atoms with Gasteiger partial charge in [0.05, 0.1) is 5.69 Å². The van der Waals surface area contributed by atoms with Gasteiger partial charge in [-0.05, 0) is 37.6 Å². The molecule has 146 valence electrons. The normalized spacial score (nSPS) is 17.3. The molecule has 2 aromatic heterocycles. The van der Waals surface area contributed by atoms with Crippen LogP contribution in [0.1, 0.15) is 17.7 Å². The van der Waals surface area contributed by atoms with Gasteiger partial charge in [-0.2, -0.15) is 0 Å². The largest absolute Gasteiger partial charge is 0.369 e. The van der Waals surface area contributed by atoms with Gasteiger partial charge >= 0.3 is 0 Å². The van der Waals surface area contributed by atoms with Crippen molar-refractivity contribution in [3.05, 3.63) is 66.1 Å². The lowest BCUT2D eigenvalue weighted by Crippen LogP contribution is -2.45. The summed E-state index contributed by atoms with van der Waals surface area (Å²) in [5.74, 6) is 0.861. The molecule has 0 radical (unpaired) electrons. The number of aryl methyl sites for hydroxylation is 1. The van der Waals surface area contributed by atoms with Gasteiger partial charge in [0.25, 0.3) is 0 Å². The van der Waals surface area contributed by atoms with Crippen molar-refractivity contribution in [2.75, 3.05) is 31.6 Å². The van der Waals surface area contributed by atoms with Gasteiger partial charge in [0, 0.05) is 57.2 Å². The fraction of sp³-hybridized carbons (Fsp3) is 0.364. The van der Waals surface area contributed by atoms with E-state index in [0.29, 0.717) is 6.04 Å². The number of aliphatic imine (C=N–C) groups is 1. The summed E-state index contributed by atoms with van der Waals surface area (Å²) in [4.78, 5) is 11.5. The number of nitrogens with one attached hydrogen (secondary N) is 2. The Bertz CT molecular complexity index is 910. The van der Waals surface area contributed by atoms with E-state index in [1.165, 1.54) is 11.3 Å². The molecule has 1 atom stereocenters. The van der Waals surface area contributed by atoms with Crippen LogP contribution in [0.4, 0.5) is 5.69 Å². The maximum atomic E-state index is 4.64. The Balaban J connectivity index is 1.26. The third kappa shape index (κ3) is 4.27. The molecule has 28 heavy (non-hydrogen) atoms. The lowest BCUT2D eigenvalue weighted by Gasteiger charge is -2.20. The second-order valence-corrected chi connectivity index (χ2v) is 7.36. The van der Waals surface area contributed by atoms with E-state index in [2.05, 4.69) is 67.3 Å². The van der Waals surface area contributed by atoms with Crippen LogP contribution in [0.15, 0.2) is 59.9 Å². The van der Waals surface area contributed by atoms with E-state index < -0.39 is 0 Å². The summed E-state index contributed by atoms with van der Waals surface area (Å²) >= 11 is 0. The van der Waals surface area contributed by atoms with Crippen molar-refractivity contribution >= 4 is 17.3 Å². The molecular formula is C22H28N6. The highest BCUT2D eigenvalue weighted by Gasteiger charge is 2.23. The second kappa shape index (κ2) is 8.33. The average Bonchev–Trinajstić information content (AvgIpc) is 3.34. The quantitative estimate of drug-likeness (QED) is 0.531. The van der Waals surface area contributed by atoms with Crippen LogP contribution in [-0.4, -0.2) is 48.1 Å². The van der Waals surface area contributed by atoms with E-state index in [9.17, 15) is 0 Å². The van der Waals surface area contributed by atoms with Gasteiger partial charge in [0.15, 0.2) is 5.96 Å². The first-order chi connectivity index (χ1) is 13.7. The number of nitrogens with zero attached hydrogens (tertiary/aromatic N) is 4. The van der Waals surface area contributed by atoms with Gasteiger partial charge in [0.1, 0.15) is 5.65 Å². The summed E-state index contributed by atoms with van der Waals surface area (Å²) < 4.78 is 2.06. The van der Waals surface area contributed by atoms with Crippen molar-refractivity contribution in [2.45, 2.75) is 25.8 Å². The number of guanidine groups is 1. The number of hydrogen-bond donors (Lipinski definition) is 2. The van der Waals surface area contributed by atoms with Crippen molar-refractivity contribution in [2.24, 2.45) is 4.99 Å². The average molecular weight is 377 g/mol. The number of rotatable bonds is 5. The fourth-order valence-corrected chi connectivity index (χ4v) is 3.67. The molecule has 0 aliphatic carbocycles. The van der Waals surface area contributed by atoms with E-state index in [1.54, 1.807) is 0 Å². The maximum absolute atomic E-state index is 4.64. The molecule has 1 aliphatic heterocycles. The SMILES string of the molecule is CN=C(NCCc1cn2ccccc2n1)NC1CCN(c2ccc(C)cc2)C1. The molecule has 3 heterocycles. The predicted octanol–water partition coefficient (Wildman–Crippen LogP) is 2.63. The van der Waals surface area contributed by atoms with Gasteiger partial charge in [-0.1, -0.05) is 23.8 Å². The van der Waals surface area contributed by atoms with Crippen LogP contribution in [-0.2, 0) is 6.42 Å². The highest BCUT2D eigenvalue weighted by Crippen LogP contribution is 2.20. The zero-order chi connectivity index (χ0) is 19.3. The minimum atomic E-state index is 0.405. The second-order valence-electron chi connectivity index (χ2n) is 7.36. The molecular weight excluding hydrogens is 348 g/mol. The lowest BCUT2D eigenvalue weighted by molar-refractivity contribution is 0.648. The monoisotopic (exact) mass is 376 g/mol. The zero-order valence-electron chi connectivity index (χ0n) is 16.6. The molecule has 1 unspecified atom stereocenters. The number of aromatic nitrogens is 2. The van der Waals surface area contributed by atoms with Gasteiger partial charge < -0.3 is 19.9 Å². The number of fused-ring (bicyclic) bond motifs is 1. The van der Waals surface area contributed by atoms with Crippen molar-refractivity contribution in [3.63, 3.8) is 0 Å². The molecule has 1 saturated heterocycles. The minimum Gasteiger partial charge on any atom is -0.369 e. The van der Waals surface area contributed by atoms with E-state index in [1.807, 2.05) is 31.4 Å². The molecule has 1 fully saturated rings. The fourth-order valence-electron chi connectivity index (χ4n) is 3.67.